The summed E-state index contributed by atoms with van der Waals surface area (Å²) in [6.07, 6.45) is 0. The predicted molar refractivity (Wildman–Crippen MR) is 127 cm³/mol. The Morgan fingerprint density at radius 1 is 0.912 bits per heavy atom. The lowest BCUT2D eigenvalue weighted by molar-refractivity contribution is -0.136. The van der Waals surface area contributed by atoms with Crippen LogP contribution in [-0.4, -0.2) is 30.6 Å². The molecule has 10 heteroatoms. The third kappa shape index (κ3) is 6.48. The summed E-state index contributed by atoms with van der Waals surface area (Å²) in [6, 6.07) is 17.0. The van der Waals surface area contributed by atoms with Crippen molar-refractivity contribution < 1.29 is 28.2 Å². The van der Waals surface area contributed by atoms with E-state index in [-0.39, 0.29) is 5.69 Å². The molecule has 0 saturated carbocycles. The molecule has 0 spiro atoms. The fraction of sp³-hybridized carbons (Fsp3) is 0.0833. The number of carbonyl (C=O) groups is 3. The molecule has 0 aliphatic heterocycles. The maximum absolute atomic E-state index is 13.8. The van der Waals surface area contributed by atoms with Crippen molar-refractivity contribution in [1.29, 1.82) is 0 Å². The van der Waals surface area contributed by atoms with Gasteiger partial charge in [-0.2, -0.15) is 5.10 Å². The maximum Gasteiger partial charge on any atom is 0.343 e. The third-order valence-corrected chi connectivity index (χ3v) is 4.99. The zero-order valence-corrected chi connectivity index (χ0v) is 19.7. The lowest BCUT2D eigenvalue weighted by atomic mass is 10.1. The molecule has 3 aromatic rings. The second kappa shape index (κ2) is 11.2. The van der Waals surface area contributed by atoms with Crippen LogP contribution in [0.4, 0.5) is 10.1 Å². The maximum atomic E-state index is 13.8. The minimum atomic E-state index is -1.07. The molecule has 0 aromatic heterocycles. The Morgan fingerprint density at radius 2 is 1.65 bits per heavy atom. The van der Waals surface area contributed by atoms with Crippen LogP contribution >= 0.6 is 15.9 Å². The summed E-state index contributed by atoms with van der Waals surface area (Å²) in [4.78, 5) is 36.3. The summed E-state index contributed by atoms with van der Waals surface area (Å²) >= 11 is 3.11. The second-order valence-corrected chi connectivity index (χ2v) is 7.78. The molecule has 174 valence electrons. The van der Waals surface area contributed by atoms with Crippen LogP contribution in [0.3, 0.4) is 0 Å². The van der Waals surface area contributed by atoms with Crippen LogP contribution in [0, 0.1) is 5.82 Å². The van der Waals surface area contributed by atoms with E-state index in [0.29, 0.717) is 32.8 Å². The van der Waals surface area contributed by atoms with Crippen molar-refractivity contribution in [1.82, 2.24) is 5.43 Å². The lowest BCUT2D eigenvalue weighted by Gasteiger charge is -2.08. The van der Waals surface area contributed by atoms with Gasteiger partial charge in [0.15, 0.2) is 0 Å². The van der Waals surface area contributed by atoms with Crippen LogP contribution in [-0.2, 0) is 9.59 Å². The first-order chi connectivity index (χ1) is 16.3. The highest BCUT2D eigenvalue weighted by atomic mass is 79.9. The second-order valence-electron chi connectivity index (χ2n) is 6.86. The van der Waals surface area contributed by atoms with Gasteiger partial charge in [0.1, 0.15) is 17.3 Å². The SMILES string of the molecule is COc1cccc(C(=O)Oc2ccc(C(C)=NNC(=O)C(=O)Nc3ccc(Br)cc3F)cc2)c1. The quantitative estimate of drug-likeness (QED) is 0.163. The highest BCUT2D eigenvalue weighted by Crippen LogP contribution is 2.19. The number of halogens is 2. The largest absolute Gasteiger partial charge is 0.497 e. The van der Waals surface area contributed by atoms with Crippen molar-refractivity contribution in [3.05, 3.63) is 88.1 Å². The first-order valence-electron chi connectivity index (χ1n) is 9.84. The fourth-order valence-electron chi connectivity index (χ4n) is 2.70. The van der Waals surface area contributed by atoms with Crippen LogP contribution in [0.2, 0.25) is 0 Å². The normalized spacial score (nSPS) is 10.9. The van der Waals surface area contributed by atoms with E-state index in [1.54, 1.807) is 55.5 Å². The number of amides is 2. The van der Waals surface area contributed by atoms with E-state index in [4.69, 9.17) is 9.47 Å². The molecule has 0 bridgehead atoms. The number of hydrogen-bond donors (Lipinski definition) is 2. The van der Waals surface area contributed by atoms with Crippen LogP contribution < -0.4 is 20.2 Å². The lowest BCUT2D eigenvalue weighted by Crippen LogP contribution is -2.33. The van der Waals surface area contributed by atoms with E-state index < -0.39 is 23.6 Å². The van der Waals surface area contributed by atoms with Gasteiger partial charge < -0.3 is 14.8 Å². The molecule has 0 fully saturated rings. The van der Waals surface area contributed by atoms with Crippen molar-refractivity contribution in [3.63, 3.8) is 0 Å². The Hall–Kier alpha value is -4.05. The number of esters is 1. The van der Waals surface area contributed by atoms with Crippen LogP contribution in [0.5, 0.6) is 11.5 Å². The summed E-state index contributed by atoms with van der Waals surface area (Å²) < 4.78 is 24.7. The molecule has 0 atom stereocenters. The van der Waals surface area contributed by atoms with E-state index in [1.165, 1.54) is 19.2 Å². The van der Waals surface area contributed by atoms with Crippen LogP contribution in [0.1, 0.15) is 22.8 Å². The number of rotatable bonds is 6. The molecule has 0 aliphatic carbocycles. The molecule has 34 heavy (non-hydrogen) atoms. The average Bonchev–Trinajstić information content (AvgIpc) is 2.84. The molecule has 8 nitrogen and oxygen atoms in total. The number of methoxy groups -OCH3 is 1. The zero-order valence-electron chi connectivity index (χ0n) is 18.1. The zero-order chi connectivity index (χ0) is 24.7. The van der Waals surface area contributed by atoms with Gasteiger partial charge in [-0.05, 0) is 73.2 Å². The van der Waals surface area contributed by atoms with E-state index in [2.05, 4.69) is 31.8 Å². The summed E-state index contributed by atoms with van der Waals surface area (Å²) in [5.41, 5.74) is 3.32. The summed E-state index contributed by atoms with van der Waals surface area (Å²) in [5.74, 6) is -2.53. The van der Waals surface area contributed by atoms with Crippen molar-refractivity contribution in [2.75, 3.05) is 12.4 Å². The van der Waals surface area contributed by atoms with Crippen molar-refractivity contribution >= 4 is 45.1 Å². The minimum absolute atomic E-state index is 0.136. The van der Waals surface area contributed by atoms with Gasteiger partial charge in [-0.1, -0.05) is 22.0 Å². The van der Waals surface area contributed by atoms with E-state index >= 15 is 0 Å². The smallest absolute Gasteiger partial charge is 0.343 e. The Bertz CT molecular complexity index is 1260. The number of nitrogens with one attached hydrogen (secondary N) is 2. The Kier molecular flexibility index (Phi) is 8.10. The van der Waals surface area contributed by atoms with E-state index in [9.17, 15) is 18.8 Å². The molecule has 2 amide bonds. The first-order valence-corrected chi connectivity index (χ1v) is 10.6. The highest BCUT2D eigenvalue weighted by Gasteiger charge is 2.16. The van der Waals surface area contributed by atoms with E-state index in [0.717, 1.165) is 6.07 Å². The molecule has 0 saturated heterocycles. The Labute approximate surface area is 202 Å². The van der Waals surface area contributed by atoms with Crippen molar-refractivity contribution in [3.8, 4) is 11.5 Å². The van der Waals surface area contributed by atoms with Gasteiger partial charge in [0.2, 0.25) is 0 Å². The van der Waals surface area contributed by atoms with Gasteiger partial charge in [-0.15, -0.1) is 0 Å². The van der Waals surface area contributed by atoms with Gasteiger partial charge in [0, 0.05) is 4.47 Å². The summed E-state index contributed by atoms with van der Waals surface area (Å²) in [5, 5.41) is 6.06. The Balaban J connectivity index is 1.58. The van der Waals surface area contributed by atoms with Gasteiger partial charge in [0.05, 0.1) is 24.1 Å². The number of ether oxygens (including phenoxy) is 2. The predicted octanol–water partition coefficient (Wildman–Crippen LogP) is 4.29. The summed E-state index contributed by atoms with van der Waals surface area (Å²) in [7, 11) is 1.50. The number of anilines is 1. The third-order valence-electron chi connectivity index (χ3n) is 4.50. The van der Waals surface area contributed by atoms with Gasteiger partial charge in [-0.25, -0.2) is 14.6 Å². The topological polar surface area (TPSA) is 106 Å². The number of nitrogens with zero attached hydrogens (tertiary/aromatic N) is 1. The van der Waals surface area contributed by atoms with Crippen molar-refractivity contribution in [2.45, 2.75) is 6.92 Å². The molecule has 0 heterocycles. The minimum Gasteiger partial charge on any atom is -0.497 e. The van der Waals surface area contributed by atoms with Gasteiger partial charge in [0.25, 0.3) is 0 Å². The molecule has 0 unspecified atom stereocenters. The van der Waals surface area contributed by atoms with Crippen molar-refractivity contribution in [2.24, 2.45) is 5.10 Å². The van der Waals surface area contributed by atoms with Crippen LogP contribution in [0.25, 0.3) is 0 Å². The monoisotopic (exact) mass is 527 g/mol. The highest BCUT2D eigenvalue weighted by molar-refractivity contribution is 9.10. The first kappa shape index (κ1) is 24.6. The molecular weight excluding hydrogens is 509 g/mol. The molecule has 0 aliphatic rings. The number of hydrogen-bond acceptors (Lipinski definition) is 6. The molecule has 3 aromatic carbocycles. The average molecular weight is 528 g/mol. The summed E-state index contributed by atoms with van der Waals surface area (Å²) in [6.45, 7) is 1.61. The van der Waals surface area contributed by atoms with Gasteiger partial charge in [-0.3, -0.25) is 9.59 Å². The number of carbonyl (C=O) groups excluding carboxylic acids is 3. The molecular formula is C24H19BrFN3O5. The number of benzene rings is 3. The van der Waals surface area contributed by atoms with Gasteiger partial charge >= 0.3 is 17.8 Å². The molecule has 2 N–H and O–H groups in total. The Morgan fingerprint density at radius 3 is 2.32 bits per heavy atom. The number of hydrazone groups is 1. The molecule has 3 rings (SSSR count). The fourth-order valence-corrected chi connectivity index (χ4v) is 3.03. The van der Waals surface area contributed by atoms with Crippen LogP contribution in [0.15, 0.2) is 76.3 Å². The standard InChI is InChI=1S/C24H19BrFN3O5/c1-14(28-29-23(31)22(30)27-21-11-8-17(25)13-20(21)26)15-6-9-18(10-7-15)34-24(32)16-4-3-5-19(12-16)33-2/h3-13H,1-2H3,(H,27,30)(H,29,31). The molecule has 0 radical (unpaired) electrons. The van der Waals surface area contributed by atoms with E-state index in [1.807, 2.05) is 0 Å².